The van der Waals surface area contributed by atoms with Gasteiger partial charge >= 0.3 is 6.72 Å². The van der Waals surface area contributed by atoms with Crippen molar-refractivity contribution in [2.45, 2.75) is 26.9 Å². The van der Waals surface area contributed by atoms with E-state index in [9.17, 15) is 0 Å². The molecule has 0 aromatic heterocycles. The van der Waals surface area contributed by atoms with Crippen LogP contribution in [0.15, 0.2) is 6.07 Å². The quantitative estimate of drug-likeness (QED) is 0.782. The molecule has 0 aliphatic carbocycles. The second kappa shape index (κ2) is 4.63. The van der Waals surface area contributed by atoms with Gasteiger partial charge in [0.1, 0.15) is 5.69 Å². The molecule has 2 rings (SSSR count). The van der Waals surface area contributed by atoms with Crippen molar-refractivity contribution in [1.82, 2.24) is 9.97 Å². The minimum Gasteiger partial charge on any atom is -0.325 e. The molecule has 0 spiro atoms. The molecule has 0 aromatic carbocycles. The molecule has 0 saturated heterocycles. The van der Waals surface area contributed by atoms with E-state index in [1.807, 2.05) is 13.0 Å². The van der Waals surface area contributed by atoms with Gasteiger partial charge < -0.3 is 14.3 Å². The van der Waals surface area contributed by atoms with Crippen LogP contribution in [0.5, 0.6) is 0 Å². The topological polar surface area (TPSA) is 75.5 Å². The Labute approximate surface area is 93.4 Å². The Hall–Kier alpha value is -0.390. The lowest BCUT2D eigenvalue weighted by molar-refractivity contribution is 0.198. The molecule has 0 radical (unpaired) electrons. The molecule has 0 unspecified atom stereocenters. The first kappa shape index (κ1) is 12.7. The van der Waals surface area contributed by atoms with Crippen molar-refractivity contribution in [3.8, 4) is 11.5 Å². The van der Waals surface area contributed by atoms with E-state index in [0.29, 0.717) is 0 Å². The number of nitrogens with zero attached hydrogens (tertiary/aromatic N) is 2. The second-order valence-corrected chi connectivity index (χ2v) is 5.98. The molecule has 15 heavy (non-hydrogen) atoms. The summed E-state index contributed by atoms with van der Waals surface area (Å²) < 4.78 is 4.47. The lowest BCUT2D eigenvalue weighted by Gasteiger charge is -2.10. The zero-order chi connectivity index (χ0) is 11.6. The lowest BCUT2D eigenvalue weighted by atomic mass is 10.5. The van der Waals surface area contributed by atoms with Crippen LogP contribution in [0.3, 0.4) is 0 Å². The highest BCUT2D eigenvalue weighted by molar-refractivity contribution is 8.06. The van der Waals surface area contributed by atoms with Crippen molar-refractivity contribution in [2.24, 2.45) is 0 Å². The van der Waals surface area contributed by atoms with E-state index in [4.69, 9.17) is 9.79 Å². The summed E-state index contributed by atoms with van der Waals surface area (Å²) in [7, 11) is 0. The molecule has 7 heteroatoms. The average Bonchev–Trinajstić information content (AvgIpc) is 2.54. The summed E-state index contributed by atoms with van der Waals surface area (Å²) in [6, 6.07) is 1.98. The Morgan fingerprint density at radius 3 is 2.13 bits per heavy atom. The standard InChI is InChI=1S/C5H4N2.C3H9O3PS/c1-3-2-4-5(6-3)7-4;1-3(2)6-7(4,5)8/h2H,1H3;3H,1-2H3,(H2,4,5,8). The Balaban J connectivity index is 0.000000150. The van der Waals surface area contributed by atoms with Crippen LogP contribution in [0, 0.1) is 6.92 Å². The fourth-order valence-corrected chi connectivity index (χ4v) is 2.00. The lowest BCUT2D eigenvalue weighted by Crippen LogP contribution is -1.98. The highest BCUT2D eigenvalue weighted by Gasteiger charge is 2.16. The van der Waals surface area contributed by atoms with Crippen molar-refractivity contribution >= 4 is 18.5 Å². The number of aromatic nitrogens is 2. The molecule has 2 N–H and O–H groups in total. The molecule has 2 heterocycles. The second-order valence-electron chi connectivity index (χ2n) is 3.36. The molecule has 0 fully saturated rings. The minimum atomic E-state index is -3.39. The fourth-order valence-electron chi connectivity index (χ4n) is 0.937. The first-order valence-corrected chi connectivity index (χ1v) is 7.00. The highest BCUT2D eigenvalue weighted by Crippen LogP contribution is 2.37. The Morgan fingerprint density at radius 1 is 1.40 bits per heavy atom. The molecular formula is C8H13N2O3PS. The molecule has 2 aliphatic rings. The van der Waals surface area contributed by atoms with Gasteiger partial charge in [-0.05, 0) is 38.6 Å². The first-order valence-electron chi connectivity index (χ1n) is 4.38. The van der Waals surface area contributed by atoms with E-state index in [2.05, 4.69) is 26.3 Å². The van der Waals surface area contributed by atoms with E-state index in [1.54, 1.807) is 13.8 Å². The maximum atomic E-state index is 8.45. The van der Waals surface area contributed by atoms with E-state index >= 15 is 0 Å². The van der Waals surface area contributed by atoms with Crippen LogP contribution in [-0.2, 0) is 16.3 Å². The zero-order valence-corrected chi connectivity index (χ0v) is 10.4. The van der Waals surface area contributed by atoms with Gasteiger partial charge in [-0.3, -0.25) is 0 Å². The van der Waals surface area contributed by atoms with Gasteiger partial charge in [-0.1, -0.05) is 0 Å². The SMILES string of the molecule is CC(C)OP(O)(O)=S.Cc1cc2nc-2n1. The van der Waals surface area contributed by atoms with E-state index in [0.717, 1.165) is 17.2 Å². The average molecular weight is 248 g/mol. The Kier molecular flexibility index (Phi) is 3.92. The van der Waals surface area contributed by atoms with Gasteiger partial charge in [0.15, 0.2) is 5.82 Å². The van der Waals surface area contributed by atoms with E-state index in [-0.39, 0.29) is 6.10 Å². The Morgan fingerprint density at radius 2 is 2.00 bits per heavy atom. The van der Waals surface area contributed by atoms with Crippen molar-refractivity contribution in [3.63, 3.8) is 0 Å². The van der Waals surface area contributed by atoms with Gasteiger partial charge in [0.2, 0.25) is 0 Å². The normalized spacial score (nSPS) is 12.1. The summed E-state index contributed by atoms with van der Waals surface area (Å²) in [5, 5.41) is 0. The van der Waals surface area contributed by atoms with Crippen molar-refractivity contribution in [2.75, 3.05) is 0 Å². The summed E-state index contributed by atoms with van der Waals surface area (Å²) >= 11 is 4.16. The van der Waals surface area contributed by atoms with Crippen LogP contribution in [0.25, 0.3) is 11.5 Å². The third-order valence-corrected chi connectivity index (χ3v) is 2.34. The minimum absolute atomic E-state index is 0.212. The molecule has 2 aliphatic heterocycles. The first-order chi connectivity index (χ1) is 6.78. The zero-order valence-electron chi connectivity index (χ0n) is 8.71. The van der Waals surface area contributed by atoms with Gasteiger partial charge in [-0.25, -0.2) is 9.97 Å². The van der Waals surface area contributed by atoms with Crippen molar-refractivity contribution in [1.29, 1.82) is 0 Å². The monoisotopic (exact) mass is 248 g/mol. The maximum Gasteiger partial charge on any atom is 0.322 e. The van der Waals surface area contributed by atoms with Crippen LogP contribution in [0.2, 0.25) is 0 Å². The smallest absolute Gasteiger partial charge is 0.322 e. The summed E-state index contributed by atoms with van der Waals surface area (Å²) in [5.74, 6) is 0.942. The molecule has 0 amide bonds. The molecule has 0 saturated carbocycles. The molecule has 0 bridgehead atoms. The van der Waals surface area contributed by atoms with Gasteiger partial charge in [-0.15, -0.1) is 0 Å². The third-order valence-electron chi connectivity index (χ3n) is 1.38. The van der Waals surface area contributed by atoms with Crippen molar-refractivity contribution < 1.29 is 14.3 Å². The van der Waals surface area contributed by atoms with Crippen LogP contribution >= 0.6 is 6.72 Å². The summed E-state index contributed by atoms with van der Waals surface area (Å²) in [6.07, 6.45) is -0.212. The maximum absolute atomic E-state index is 8.45. The highest BCUT2D eigenvalue weighted by atomic mass is 32.5. The predicted octanol–water partition coefficient (Wildman–Crippen LogP) is 1.39. The number of aryl methyl sites for hydroxylation is 1. The number of rotatable bonds is 2. The van der Waals surface area contributed by atoms with Gasteiger partial charge in [-0.2, -0.15) is 0 Å². The van der Waals surface area contributed by atoms with E-state index in [1.165, 1.54) is 0 Å². The van der Waals surface area contributed by atoms with Crippen LogP contribution in [0.4, 0.5) is 0 Å². The molecule has 0 aromatic rings. The summed E-state index contributed by atoms with van der Waals surface area (Å²) in [6.45, 7) is 1.96. The molecular weight excluding hydrogens is 235 g/mol. The third kappa shape index (κ3) is 5.30. The summed E-state index contributed by atoms with van der Waals surface area (Å²) in [4.78, 5) is 24.8. The van der Waals surface area contributed by atoms with Crippen molar-refractivity contribution in [3.05, 3.63) is 11.8 Å². The largest absolute Gasteiger partial charge is 0.325 e. The number of hydrogen-bond donors (Lipinski definition) is 2. The van der Waals surface area contributed by atoms with Crippen LogP contribution < -0.4 is 0 Å². The molecule has 84 valence electrons. The predicted molar refractivity (Wildman–Crippen MR) is 60.7 cm³/mol. The van der Waals surface area contributed by atoms with Crippen LogP contribution in [0.1, 0.15) is 19.5 Å². The Bertz CT molecular complexity index is 385. The molecule has 5 nitrogen and oxygen atoms in total. The van der Waals surface area contributed by atoms with E-state index < -0.39 is 6.72 Å². The van der Waals surface area contributed by atoms with Gasteiger partial charge in [0, 0.05) is 5.69 Å². The van der Waals surface area contributed by atoms with Gasteiger partial charge in [0.25, 0.3) is 0 Å². The van der Waals surface area contributed by atoms with Crippen LogP contribution in [-0.4, -0.2) is 25.9 Å². The summed E-state index contributed by atoms with van der Waals surface area (Å²) in [5.41, 5.74) is 2.16. The van der Waals surface area contributed by atoms with Gasteiger partial charge in [0.05, 0.1) is 6.10 Å². The number of fused-ring (bicyclic) bond motifs is 1. The fraction of sp³-hybridized carbons (Fsp3) is 0.500. The number of hydrogen-bond acceptors (Lipinski definition) is 4. The molecule has 0 atom stereocenters.